The number of nitrogens with one attached hydrogen (secondary N) is 1. The molecule has 1 N–H and O–H groups in total. The number of carbonyl (C=O) groups excluding carboxylic acids is 1. The molecule has 0 radical (unpaired) electrons. The lowest BCUT2D eigenvalue weighted by Crippen LogP contribution is -2.20. The second-order valence-electron chi connectivity index (χ2n) is 7.34. The van der Waals surface area contributed by atoms with E-state index in [1.165, 1.54) is 25.7 Å². The molecular formula is C21H23FN4O3. The van der Waals surface area contributed by atoms with Crippen molar-refractivity contribution in [2.45, 2.75) is 45.6 Å². The molecule has 0 saturated heterocycles. The molecule has 0 atom stereocenters. The summed E-state index contributed by atoms with van der Waals surface area (Å²) in [6.07, 6.45) is 3.38. The Morgan fingerprint density at radius 3 is 2.76 bits per heavy atom. The highest BCUT2D eigenvalue weighted by Crippen LogP contribution is 2.37. The predicted molar refractivity (Wildman–Crippen MR) is 105 cm³/mol. The molecule has 7 nitrogen and oxygen atoms in total. The van der Waals surface area contributed by atoms with Gasteiger partial charge in [-0.05, 0) is 44.9 Å². The van der Waals surface area contributed by atoms with Crippen LogP contribution in [0.2, 0.25) is 0 Å². The van der Waals surface area contributed by atoms with Crippen LogP contribution in [0.1, 0.15) is 42.5 Å². The zero-order valence-electron chi connectivity index (χ0n) is 16.7. The Hall–Kier alpha value is -3.16. The largest absolute Gasteiger partial charge is 0.494 e. The Bertz CT molecular complexity index is 1050. The highest BCUT2D eigenvalue weighted by molar-refractivity contribution is 5.90. The molecule has 0 unspecified atom stereocenters. The number of hydrogen-bond acceptors (Lipinski definition) is 5. The minimum absolute atomic E-state index is 0.0922. The van der Waals surface area contributed by atoms with E-state index in [0.717, 1.165) is 29.8 Å². The smallest absolute Gasteiger partial charge is 0.249 e. The minimum Gasteiger partial charge on any atom is -0.494 e. The van der Waals surface area contributed by atoms with Crippen LogP contribution in [0.15, 0.2) is 28.7 Å². The van der Waals surface area contributed by atoms with Crippen LogP contribution < -0.4 is 10.1 Å². The number of aryl methyl sites for hydroxylation is 1. The van der Waals surface area contributed by atoms with Crippen molar-refractivity contribution in [1.82, 2.24) is 14.8 Å². The second kappa shape index (κ2) is 7.69. The fourth-order valence-corrected chi connectivity index (χ4v) is 3.51. The standard InChI is InChI=1S/C21H23FN4O3/c1-12-9-16(21-25-24-20(29-21)14-5-4-6-14)13(2)26(12)11-19(27)23-15-7-8-18(28-3)17(22)10-15/h7-10,14H,4-6,11H2,1-3H3,(H,23,27). The second-order valence-corrected chi connectivity index (χ2v) is 7.34. The van der Waals surface area contributed by atoms with Crippen LogP contribution in [0, 0.1) is 19.7 Å². The molecular weight excluding hydrogens is 375 g/mol. The normalized spacial score (nSPS) is 13.9. The molecule has 1 aliphatic carbocycles. The van der Waals surface area contributed by atoms with Crippen molar-refractivity contribution in [3.05, 3.63) is 47.4 Å². The number of nitrogens with zero attached hydrogens (tertiary/aromatic N) is 3. The number of aromatic nitrogens is 3. The van der Waals surface area contributed by atoms with Gasteiger partial charge in [0.15, 0.2) is 11.6 Å². The quantitative estimate of drug-likeness (QED) is 0.673. The van der Waals surface area contributed by atoms with Crippen molar-refractivity contribution >= 4 is 11.6 Å². The van der Waals surface area contributed by atoms with Gasteiger partial charge < -0.3 is 19.0 Å². The number of carbonyl (C=O) groups is 1. The summed E-state index contributed by atoms with van der Waals surface area (Å²) in [7, 11) is 1.39. The zero-order valence-corrected chi connectivity index (χ0v) is 16.7. The van der Waals surface area contributed by atoms with Crippen LogP contribution in [0.5, 0.6) is 5.75 Å². The lowest BCUT2D eigenvalue weighted by molar-refractivity contribution is -0.116. The Morgan fingerprint density at radius 2 is 2.10 bits per heavy atom. The van der Waals surface area contributed by atoms with Gasteiger partial charge in [0.25, 0.3) is 0 Å². The average molecular weight is 398 g/mol. The SMILES string of the molecule is COc1ccc(NC(=O)Cn2c(C)cc(-c3nnc(C4CCC4)o3)c2C)cc1F. The molecule has 152 valence electrons. The molecule has 2 heterocycles. The summed E-state index contributed by atoms with van der Waals surface area (Å²) in [5.41, 5.74) is 2.96. The average Bonchev–Trinajstić information content (AvgIpc) is 3.20. The Balaban J connectivity index is 1.49. The van der Waals surface area contributed by atoms with E-state index in [0.29, 0.717) is 23.4 Å². The highest BCUT2D eigenvalue weighted by atomic mass is 19.1. The number of hydrogen-bond donors (Lipinski definition) is 1. The van der Waals surface area contributed by atoms with Gasteiger partial charge >= 0.3 is 0 Å². The first-order chi connectivity index (χ1) is 14.0. The molecule has 1 saturated carbocycles. The van der Waals surface area contributed by atoms with Crippen molar-refractivity contribution in [2.75, 3.05) is 12.4 Å². The van der Waals surface area contributed by atoms with Crippen LogP contribution in [0.4, 0.5) is 10.1 Å². The van der Waals surface area contributed by atoms with Crippen molar-refractivity contribution in [3.63, 3.8) is 0 Å². The maximum absolute atomic E-state index is 13.8. The van der Waals surface area contributed by atoms with Crippen molar-refractivity contribution in [3.8, 4) is 17.2 Å². The maximum Gasteiger partial charge on any atom is 0.249 e. The van der Waals surface area contributed by atoms with E-state index in [9.17, 15) is 9.18 Å². The van der Waals surface area contributed by atoms with E-state index < -0.39 is 5.82 Å². The van der Waals surface area contributed by atoms with E-state index in [1.54, 1.807) is 6.07 Å². The monoisotopic (exact) mass is 398 g/mol. The van der Waals surface area contributed by atoms with Gasteiger partial charge in [-0.1, -0.05) is 6.42 Å². The Morgan fingerprint density at radius 1 is 1.31 bits per heavy atom. The fourth-order valence-electron chi connectivity index (χ4n) is 3.51. The van der Waals surface area contributed by atoms with Crippen LogP contribution in [0.25, 0.3) is 11.5 Å². The summed E-state index contributed by atoms with van der Waals surface area (Å²) in [5.74, 6) is 0.878. The van der Waals surface area contributed by atoms with Gasteiger partial charge in [-0.2, -0.15) is 0 Å². The first-order valence-corrected chi connectivity index (χ1v) is 9.60. The van der Waals surface area contributed by atoms with Gasteiger partial charge in [-0.15, -0.1) is 10.2 Å². The van der Waals surface area contributed by atoms with Crippen molar-refractivity contribution in [2.24, 2.45) is 0 Å². The number of ether oxygens (including phenoxy) is 1. The number of anilines is 1. The highest BCUT2D eigenvalue weighted by Gasteiger charge is 2.26. The molecule has 0 spiro atoms. The van der Waals surface area contributed by atoms with Crippen LogP contribution in [0.3, 0.4) is 0 Å². The number of halogens is 1. The third kappa shape index (κ3) is 3.74. The lowest BCUT2D eigenvalue weighted by atomic mass is 9.85. The summed E-state index contributed by atoms with van der Waals surface area (Å²) in [6.45, 7) is 3.92. The van der Waals surface area contributed by atoms with Gasteiger partial charge in [0, 0.05) is 29.1 Å². The number of amides is 1. The van der Waals surface area contributed by atoms with Crippen LogP contribution in [-0.2, 0) is 11.3 Å². The van der Waals surface area contributed by atoms with E-state index >= 15 is 0 Å². The fraction of sp³-hybridized carbons (Fsp3) is 0.381. The third-order valence-electron chi connectivity index (χ3n) is 5.44. The van der Waals surface area contributed by atoms with E-state index in [-0.39, 0.29) is 18.2 Å². The summed E-state index contributed by atoms with van der Waals surface area (Å²) in [4.78, 5) is 12.5. The molecule has 29 heavy (non-hydrogen) atoms. The molecule has 0 bridgehead atoms. The van der Waals surface area contributed by atoms with E-state index in [4.69, 9.17) is 9.15 Å². The van der Waals surface area contributed by atoms with Gasteiger partial charge in [0.2, 0.25) is 17.7 Å². The van der Waals surface area contributed by atoms with Crippen molar-refractivity contribution < 1.29 is 18.3 Å². The van der Waals surface area contributed by atoms with E-state index in [2.05, 4.69) is 15.5 Å². The molecule has 0 aliphatic heterocycles. The van der Waals surface area contributed by atoms with Gasteiger partial charge in [0.1, 0.15) is 6.54 Å². The van der Waals surface area contributed by atoms with Gasteiger partial charge in [-0.3, -0.25) is 4.79 Å². The van der Waals surface area contributed by atoms with Crippen LogP contribution >= 0.6 is 0 Å². The Labute approximate surface area is 167 Å². The third-order valence-corrected chi connectivity index (χ3v) is 5.44. The minimum atomic E-state index is -0.528. The maximum atomic E-state index is 13.8. The summed E-state index contributed by atoms with van der Waals surface area (Å²) >= 11 is 0. The van der Waals surface area contributed by atoms with Gasteiger partial charge in [-0.25, -0.2) is 4.39 Å². The number of benzene rings is 1. The molecule has 4 rings (SSSR count). The molecule has 1 amide bonds. The van der Waals surface area contributed by atoms with Crippen molar-refractivity contribution in [1.29, 1.82) is 0 Å². The van der Waals surface area contributed by atoms with Crippen LogP contribution in [-0.4, -0.2) is 27.8 Å². The first-order valence-electron chi connectivity index (χ1n) is 9.60. The zero-order chi connectivity index (χ0) is 20.5. The van der Waals surface area contributed by atoms with E-state index in [1.807, 2.05) is 24.5 Å². The topological polar surface area (TPSA) is 82.2 Å². The summed E-state index contributed by atoms with van der Waals surface area (Å²) in [6, 6.07) is 6.25. The summed E-state index contributed by atoms with van der Waals surface area (Å²) < 4.78 is 26.5. The van der Waals surface area contributed by atoms with Gasteiger partial charge in [0.05, 0.1) is 12.7 Å². The summed E-state index contributed by atoms with van der Waals surface area (Å²) in [5, 5.41) is 11.1. The number of rotatable bonds is 6. The lowest BCUT2D eigenvalue weighted by Gasteiger charge is -2.20. The number of methoxy groups -OCH3 is 1. The molecule has 8 heteroatoms. The Kier molecular flexibility index (Phi) is 5.08. The molecule has 3 aromatic rings. The first kappa shape index (κ1) is 19.2. The molecule has 1 aromatic carbocycles. The molecule has 1 fully saturated rings. The molecule has 2 aromatic heterocycles. The molecule has 1 aliphatic rings. The predicted octanol–water partition coefficient (Wildman–Crippen LogP) is 4.21.